The lowest BCUT2D eigenvalue weighted by Crippen LogP contribution is -2.20. The molecular formula is C15H23N3O2. The van der Waals surface area contributed by atoms with E-state index in [0.29, 0.717) is 29.9 Å². The van der Waals surface area contributed by atoms with Crippen molar-refractivity contribution in [3.63, 3.8) is 0 Å². The first kappa shape index (κ1) is 14.8. The second-order valence-electron chi connectivity index (χ2n) is 5.25. The van der Waals surface area contributed by atoms with Crippen LogP contribution in [0, 0.1) is 6.92 Å². The standard InChI is InChI=1S/C15H23N3O2/c1-3-20-14(19)13-10-16-15(17-11(13)2)18-12-8-6-4-5-7-9-12/h10,12H,3-9H2,1-2H3,(H,16,17,18). The molecule has 2 rings (SSSR count). The predicted octanol–water partition coefficient (Wildman–Crippen LogP) is 3.10. The zero-order chi connectivity index (χ0) is 14.4. The van der Waals surface area contributed by atoms with Gasteiger partial charge in [0.25, 0.3) is 0 Å². The van der Waals surface area contributed by atoms with Crippen LogP contribution in [-0.2, 0) is 4.74 Å². The number of carbonyl (C=O) groups is 1. The summed E-state index contributed by atoms with van der Waals surface area (Å²) in [4.78, 5) is 20.3. The van der Waals surface area contributed by atoms with Gasteiger partial charge in [-0.3, -0.25) is 0 Å². The van der Waals surface area contributed by atoms with Gasteiger partial charge in [0.05, 0.1) is 17.9 Å². The summed E-state index contributed by atoms with van der Waals surface area (Å²) in [6.07, 6.45) is 9.05. The van der Waals surface area contributed by atoms with Gasteiger partial charge in [-0.15, -0.1) is 0 Å². The summed E-state index contributed by atoms with van der Waals surface area (Å²) < 4.78 is 4.98. The molecule has 0 unspecified atom stereocenters. The van der Waals surface area contributed by atoms with Gasteiger partial charge in [0.15, 0.2) is 0 Å². The number of hydrogen-bond acceptors (Lipinski definition) is 5. The highest BCUT2D eigenvalue weighted by molar-refractivity contribution is 5.90. The van der Waals surface area contributed by atoms with E-state index in [0.717, 1.165) is 0 Å². The van der Waals surface area contributed by atoms with Crippen LogP contribution in [0.4, 0.5) is 5.95 Å². The first-order chi connectivity index (χ1) is 9.70. The molecule has 0 radical (unpaired) electrons. The molecule has 0 amide bonds. The molecule has 1 aliphatic rings. The Morgan fingerprint density at radius 3 is 2.65 bits per heavy atom. The Balaban J connectivity index is 2.02. The number of aryl methyl sites for hydroxylation is 1. The van der Waals surface area contributed by atoms with Crippen molar-refractivity contribution in [2.75, 3.05) is 11.9 Å². The van der Waals surface area contributed by atoms with Gasteiger partial charge >= 0.3 is 5.97 Å². The van der Waals surface area contributed by atoms with Gasteiger partial charge in [-0.1, -0.05) is 25.7 Å². The number of esters is 1. The minimum atomic E-state index is -0.356. The first-order valence-electron chi connectivity index (χ1n) is 7.48. The topological polar surface area (TPSA) is 64.1 Å². The maximum Gasteiger partial charge on any atom is 0.341 e. The summed E-state index contributed by atoms with van der Waals surface area (Å²) in [7, 11) is 0. The number of nitrogens with one attached hydrogen (secondary N) is 1. The smallest absolute Gasteiger partial charge is 0.341 e. The van der Waals surface area contributed by atoms with Crippen LogP contribution in [0.5, 0.6) is 0 Å². The summed E-state index contributed by atoms with van der Waals surface area (Å²) in [5.74, 6) is 0.258. The van der Waals surface area contributed by atoms with Gasteiger partial charge in [-0.2, -0.15) is 0 Å². The van der Waals surface area contributed by atoms with Crippen LogP contribution in [0.2, 0.25) is 0 Å². The third-order valence-electron chi connectivity index (χ3n) is 3.66. The van der Waals surface area contributed by atoms with E-state index in [9.17, 15) is 4.79 Å². The van der Waals surface area contributed by atoms with Crippen molar-refractivity contribution in [2.45, 2.75) is 58.4 Å². The molecule has 0 bridgehead atoms. The summed E-state index contributed by atoms with van der Waals surface area (Å²) in [5, 5.41) is 3.39. The van der Waals surface area contributed by atoms with E-state index < -0.39 is 0 Å². The molecule has 20 heavy (non-hydrogen) atoms. The van der Waals surface area contributed by atoms with Crippen molar-refractivity contribution < 1.29 is 9.53 Å². The number of anilines is 1. The third-order valence-corrected chi connectivity index (χ3v) is 3.66. The molecule has 5 nitrogen and oxygen atoms in total. The van der Waals surface area contributed by atoms with Crippen molar-refractivity contribution in [2.24, 2.45) is 0 Å². The average molecular weight is 277 g/mol. The fourth-order valence-corrected chi connectivity index (χ4v) is 2.55. The van der Waals surface area contributed by atoms with Crippen molar-refractivity contribution in [3.8, 4) is 0 Å². The fourth-order valence-electron chi connectivity index (χ4n) is 2.55. The molecule has 1 N–H and O–H groups in total. The van der Waals surface area contributed by atoms with Crippen LogP contribution < -0.4 is 5.32 Å². The summed E-state index contributed by atoms with van der Waals surface area (Å²) >= 11 is 0. The maximum absolute atomic E-state index is 11.7. The van der Waals surface area contributed by atoms with Gasteiger partial charge < -0.3 is 10.1 Å². The highest BCUT2D eigenvalue weighted by Gasteiger charge is 2.16. The van der Waals surface area contributed by atoms with E-state index in [4.69, 9.17) is 4.74 Å². The largest absolute Gasteiger partial charge is 0.462 e. The Morgan fingerprint density at radius 2 is 2.05 bits per heavy atom. The molecule has 1 heterocycles. The number of aromatic nitrogens is 2. The van der Waals surface area contributed by atoms with E-state index >= 15 is 0 Å². The van der Waals surface area contributed by atoms with Crippen molar-refractivity contribution >= 4 is 11.9 Å². The molecule has 110 valence electrons. The van der Waals surface area contributed by atoms with Crippen LogP contribution in [-0.4, -0.2) is 28.6 Å². The maximum atomic E-state index is 11.7. The lowest BCUT2D eigenvalue weighted by atomic mass is 10.1. The summed E-state index contributed by atoms with van der Waals surface area (Å²) in [6, 6.07) is 0.449. The van der Waals surface area contributed by atoms with E-state index in [1.54, 1.807) is 13.1 Å². The molecule has 5 heteroatoms. The van der Waals surface area contributed by atoms with Crippen molar-refractivity contribution in [1.82, 2.24) is 9.97 Å². The molecule has 1 aromatic heterocycles. The SMILES string of the molecule is CCOC(=O)c1cnc(NC2CCCCCC2)nc1C. The Labute approximate surface area is 120 Å². The molecule has 0 aromatic carbocycles. The van der Waals surface area contributed by atoms with E-state index in [-0.39, 0.29) is 5.97 Å². The van der Waals surface area contributed by atoms with Crippen LogP contribution in [0.1, 0.15) is 61.5 Å². The summed E-state index contributed by atoms with van der Waals surface area (Å²) in [6.45, 7) is 3.96. The molecule has 1 aromatic rings. The molecule has 0 atom stereocenters. The van der Waals surface area contributed by atoms with Crippen molar-refractivity contribution in [1.29, 1.82) is 0 Å². The zero-order valence-electron chi connectivity index (χ0n) is 12.3. The third kappa shape index (κ3) is 3.92. The zero-order valence-corrected chi connectivity index (χ0v) is 12.3. The first-order valence-corrected chi connectivity index (χ1v) is 7.48. The second-order valence-corrected chi connectivity index (χ2v) is 5.25. The average Bonchev–Trinajstić information content (AvgIpc) is 2.67. The van der Waals surface area contributed by atoms with Gasteiger partial charge in [-0.05, 0) is 26.7 Å². The Morgan fingerprint density at radius 1 is 1.35 bits per heavy atom. The minimum Gasteiger partial charge on any atom is -0.462 e. The van der Waals surface area contributed by atoms with Crippen LogP contribution >= 0.6 is 0 Å². The quantitative estimate of drug-likeness (QED) is 0.676. The highest BCUT2D eigenvalue weighted by atomic mass is 16.5. The number of nitrogens with zero attached hydrogens (tertiary/aromatic N) is 2. The monoisotopic (exact) mass is 277 g/mol. The molecule has 1 fully saturated rings. The van der Waals surface area contributed by atoms with Gasteiger partial charge in [0.2, 0.25) is 5.95 Å². The van der Waals surface area contributed by atoms with E-state index in [1.165, 1.54) is 38.5 Å². The Bertz CT molecular complexity index is 454. The van der Waals surface area contributed by atoms with Gasteiger partial charge in [-0.25, -0.2) is 14.8 Å². The molecule has 0 aliphatic heterocycles. The van der Waals surface area contributed by atoms with E-state index in [1.807, 2.05) is 6.92 Å². The Kier molecular flexibility index (Phi) is 5.32. The van der Waals surface area contributed by atoms with Crippen molar-refractivity contribution in [3.05, 3.63) is 17.5 Å². The lowest BCUT2D eigenvalue weighted by molar-refractivity contribution is 0.0524. The molecule has 0 saturated heterocycles. The predicted molar refractivity (Wildman–Crippen MR) is 77.8 cm³/mol. The number of rotatable bonds is 4. The molecule has 0 spiro atoms. The molecule has 1 saturated carbocycles. The minimum absolute atomic E-state index is 0.356. The molecular weight excluding hydrogens is 254 g/mol. The second kappa shape index (κ2) is 7.22. The number of carbonyl (C=O) groups excluding carboxylic acids is 1. The van der Waals surface area contributed by atoms with Crippen LogP contribution in [0.25, 0.3) is 0 Å². The van der Waals surface area contributed by atoms with Crippen LogP contribution in [0.3, 0.4) is 0 Å². The summed E-state index contributed by atoms with van der Waals surface area (Å²) in [5.41, 5.74) is 1.10. The number of ether oxygens (including phenoxy) is 1. The normalized spacial score (nSPS) is 16.5. The molecule has 1 aliphatic carbocycles. The fraction of sp³-hybridized carbons (Fsp3) is 0.667. The highest BCUT2D eigenvalue weighted by Crippen LogP contribution is 2.20. The Hall–Kier alpha value is -1.65. The van der Waals surface area contributed by atoms with Crippen LogP contribution in [0.15, 0.2) is 6.20 Å². The number of hydrogen-bond donors (Lipinski definition) is 1. The lowest BCUT2D eigenvalue weighted by Gasteiger charge is -2.16. The van der Waals surface area contributed by atoms with Gasteiger partial charge in [0.1, 0.15) is 0 Å². The van der Waals surface area contributed by atoms with E-state index in [2.05, 4.69) is 15.3 Å². The van der Waals surface area contributed by atoms with Gasteiger partial charge in [0, 0.05) is 12.2 Å².